The minimum Gasteiger partial charge on any atom is -0.458 e. The Bertz CT molecular complexity index is 2060. The number of pyridine rings is 2. The van der Waals surface area contributed by atoms with Gasteiger partial charge in [-0.25, -0.2) is 4.98 Å². The molecule has 5 N–H and O–H groups in total. The van der Waals surface area contributed by atoms with Crippen LogP contribution in [0.15, 0.2) is 91.1 Å². The number of fused-ring (bicyclic) bond motifs is 2. The van der Waals surface area contributed by atoms with E-state index >= 15 is 0 Å². The maximum Gasteiger partial charge on any atom is 0.312 e. The van der Waals surface area contributed by atoms with Crippen LogP contribution in [0.5, 0.6) is 0 Å². The number of nitrogens with zero attached hydrogens (tertiary/aromatic N) is 3. The number of hydrogen-bond donors (Lipinski definition) is 4. The molecule has 13 nitrogen and oxygen atoms in total. The van der Waals surface area contributed by atoms with Gasteiger partial charge in [-0.15, -0.1) is 0 Å². The molecule has 6 atom stereocenters. The molecule has 0 spiro atoms. The van der Waals surface area contributed by atoms with Crippen molar-refractivity contribution in [3.63, 3.8) is 0 Å². The standard InChI is InChI=1S/C45H55N7O6/c1-45(2,3)51-44(57)38-24-31-16-7-8-17-32(31)27-52(38)28-39(58-41(54)25-33-18-11-12-22-47-33)36(23-29-13-5-4-6-14-29)49-43(56)37(26-40(46)53)50-42(55)35-21-20-30-15-9-10-19-34(30)48-35/h4-6,9-15,18-22,31-32,36-39H,7-8,16-17,23-28H2,1-3H3,(H2,46,53)(H,49,56)(H,50,55)(H,51,57)/t31-,32+,36-,37-,38-,39+/m0/s1. The maximum atomic E-state index is 14.4. The zero-order valence-corrected chi connectivity index (χ0v) is 33.6. The van der Waals surface area contributed by atoms with Gasteiger partial charge in [-0.05, 0) is 81.7 Å². The normalized spacial score (nSPS) is 19.8. The lowest BCUT2D eigenvalue weighted by molar-refractivity contribution is -0.153. The minimum absolute atomic E-state index is 0.0637. The Kier molecular flexibility index (Phi) is 13.9. The van der Waals surface area contributed by atoms with Gasteiger partial charge in [-0.3, -0.25) is 33.9 Å². The zero-order chi connectivity index (χ0) is 41.2. The molecule has 1 saturated carbocycles. The van der Waals surface area contributed by atoms with E-state index in [0.717, 1.165) is 36.6 Å². The van der Waals surface area contributed by atoms with E-state index in [2.05, 4.69) is 30.8 Å². The van der Waals surface area contributed by atoms with Crippen molar-refractivity contribution < 1.29 is 28.7 Å². The number of nitrogens with one attached hydrogen (secondary N) is 3. The summed E-state index contributed by atoms with van der Waals surface area (Å²) >= 11 is 0. The summed E-state index contributed by atoms with van der Waals surface area (Å²) in [5, 5.41) is 9.74. The van der Waals surface area contributed by atoms with E-state index < -0.39 is 59.9 Å². The number of ether oxygens (including phenoxy) is 1. The molecule has 4 amide bonds. The molecule has 1 saturated heterocycles. The summed E-state index contributed by atoms with van der Waals surface area (Å²) < 4.78 is 6.35. The Labute approximate surface area is 339 Å². The van der Waals surface area contributed by atoms with E-state index in [1.54, 1.807) is 42.6 Å². The maximum absolute atomic E-state index is 14.4. The second-order valence-corrected chi connectivity index (χ2v) is 16.7. The number of likely N-dealkylation sites (tertiary alicyclic amines) is 1. The Morgan fingerprint density at radius 1 is 0.879 bits per heavy atom. The fourth-order valence-electron chi connectivity index (χ4n) is 8.23. The first kappa shape index (κ1) is 41.9. The van der Waals surface area contributed by atoms with Gasteiger partial charge in [0.1, 0.15) is 17.8 Å². The van der Waals surface area contributed by atoms with Crippen LogP contribution in [-0.2, 0) is 36.8 Å². The first-order valence-electron chi connectivity index (χ1n) is 20.3. The molecule has 58 heavy (non-hydrogen) atoms. The van der Waals surface area contributed by atoms with Crippen LogP contribution in [0, 0.1) is 11.8 Å². The number of carbonyl (C=O) groups excluding carboxylic acids is 5. The van der Waals surface area contributed by atoms with E-state index in [1.165, 1.54) is 0 Å². The van der Waals surface area contributed by atoms with Gasteiger partial charge < -0.3 is 26.4 Å². The lowest BCUT2D eigenvalue weighted by Crippen LogP contribution is -2.61. The number of nitrogens with two attached hydrogens (primary N) is 1. The molecule has 2 aliphatic rings. The molecular weight excluding hydrogens is 735 g/mol. The van der Waals surface area contributed by atoms with Crippen LogP contribution in [0.2, 0.25) is 0 Å². The number of esters is 1. The number of primary amides is 1. The minimum atomic E-state index is -1.37. The van der Waals surface area contributed by atoms with E-state index in [4.69, 9.17) is 10.5 Å². The molecule has 0 radical (unpaired) electrons. The van der Waals surface area contributed by atoms with Gasteiger partial charge >= 0.3 is 5.97 Å². The fourth-order valence-corrected chi connectivity index (χ4v) is 8.23. The van der Waals surface area contributed by atoms with Crippen molar-refractivity contribution in [3.8, 4) is 0 Å². The van der Waals surface area contributed by atoms with Crippen molar-refractivity contribution >= 4 is 40.5 Å². The number of hydrogen-bond acceptors (Lipinski definition) is 9. The van der Waals surface area contributed by atoms with Crippen LogP contribution in [-0.4, -0.2) is 87.3 Å². The summed E-state index contributed by atoms with van der Waals surface area (Å²) in [6, 6.07) is 22.7. The summed E-state index contributed by atoms with van der Waals surface area (Å²) in [5.41, 5.74) is 7.19. The lowest BCUT2D eigenvalue weighted by atomic mass is 9.72. The topological polar surface area (TPSA) is 186 Å². The van der Waals surface area contributed by atoms with Gasteiger partial charge in [0.15, 0.2) is 0 Å². The van der Waals surface area contributed by atoms with E-state index in [9.17, 15) is 24.0 Å². The van der Waals surface area contributed by atoms with Gasteiger partial charge in [0.25, 0.3) is 5.91 Å². The molecule has 13 heteroatoms. The highest BCUT2D eigenvalue weighted by atomic mass is 16.5. The molecule has 4 aromatic rings. The van der Waals surface area contributed by atoms with Crippen LogP contribution in [0.3, 0.4) is 0 Å². The van der Waals surface area contributed by atoms with Crippen LogP contribution in [0.25, 0.3) is 10.9 Å². The second-order valence-electron chi connectivity index (χ2n) is 16.7. The van der Waals surface area contributed by atoms with Crippen molar-refractivity contribution in [2.45, 2.75) is 102 Å². The molecule has 2 fully saturated rings. The van der Waals surface area contributed by atoms with E-state index in [-0.39, 0.29) is 31.0 Å². The molecule has 6 rings (SSSR count). The van der Waals surface area contributed by atoms with Crippen LogP contribution >= 0.6 is 0 Å². The van der Waals surface area contributed by atoms with E-state index in [0.29, 0.717) is 36.0 Å². The van der Waals surface area contributed by atoms with Crippen molar-refractivity contribution in [3.05, 3.63) is 108 Å². The molecule has 0 unspecified atom stereocenters. The van der Waals surface area contributed by atoms with Gasteiger partial charge in [0.05, 0.1) is 36.1 Å². The second kappa shape index (κ2) is 19.2. The quantitative estimate of drug-likeness (QED) is 0.128. The van der Waals surface area contributed by atoms with Crippen LogP contribution in [0.1, 0.15) is 81.0 Å². The SMILES string of the molecule is CC(C)(C)NC(=O)[C@@H]1C[C@@H]2CCCC[C@@H]2CN1C[C@@H](OC(=O)Cc1ccccn1)[C@H](Cc1ccccc1)NC(=O)[C@H](CC(N)=O)NC(=O)c1ccc2ccccc2n1. The van der Waals surface area contributed by atoms with Crippen molar-refractivity contribution in [1.29, 1.82) is 0 Å². The number of aromatic nitrogens is 2. The number of rotatable bonds is 15. The average molecular weight is 790 g/mol. The fraction of sp³-hybridized carbons (Fsp3) is 0.444. The van der Waals surface area contributed by atoms with Crippen molar-refractivity contribution in [1.82, 2.24) is 30.8 Å². The highest BCUT2D eigenvalue weighted by molar-refractivity contribution is 5.99. The molecule has 1 aliphatic carbocycles. The molecule has 2 aromatic carbocycles. The van der Waals surface area contributed by atoms with Crippen LogP contribution < -0.4 is 21.7 Å². The number of benzene rings is 2. The summed E-state index contributed by atoms with van der Waals surface area (Å²) in [6.45, 7) is 6.63. The predicted molar refractivity (Wildman–Crippen MR) is 220 cm³/mol. The Morgan fingerprint density at radius 3 is 2.33 bits per heavy atom. The molecule has 0 bridgehead atoms. The molecular formula is C45H55N7O6. The average Bonchev–Trinajstić information content (AvgIpc) is 3.19. The van der Waals surface area contributed by atoms with Gasteiger partial charge in [0, 0.05) is 30.2 Å². The number of para-hydroxylation sites is 1. The molecule has 3 heterocycles. The first-order chi connectivity index (χ1) is 27.8. The number of amides is 4. The lowest BCUT2D eigenvalue weighted by Gasteiger charge is -2.47. The number of piperidine rings is 1. The first-order valence-corrected chi connectivity index (χ1v) is 20.3. The smallest absolute Gasteiger partial charge is 0.312 e. The Balaban J connectivity index is 1.32. The van der Waals surface area contributed by atoms with E-state index in [1.807, 2.05) is 69.3 Å². The van der Waals surface area contributed by atoms with Crippen molar-refractivity contribution in [2.75, 3.05) is 13.1 Å². The predicted octanol–water partition coefficient (Wildman–Crippen LogP) is 4.28. The molecule has 306 valence electrons. The monoisotopic (exact) mass is 789 g/mol. The Morgan fingerprint density at radius 2 is 1.60 bits per heavy atom. The third-order valence-corrected chi connectivity index (χ3v) is 11.0. The van der Waals surface area contributed by atoms with Gasteiger partial charge in [-0.1, -0.05) is 79.9 Å². The summed E-state index contributed by atoms with van der Waals surface area (Å²) in [4.78, 5) is 79.0. The summed E-state index contributed by atoms with van der Waals surface area (Å²) in [7, 11) is 0. The van der Waals surface area contributed by atoms with Gasteiger partial charge in [-0.2, -0.15) is 0 Å². The largest absolute Gasteiger partial charge is 0.458 e. The third kappa shape index (κ3) is 11.7. The summed E-state index contributed by atoms with van der Waals surface area (Å²) in [6.07, 6.45) is 5.31. The van der Waals surface area contributed by atoms with Crippen molar-refractivity contribution in [2.24, 2.45) is 17.6 Å². The summed E-state index contributed by atoms with van der Waals surface area (Å²) in [5.74, 6) is -2.01. The third-order valence-electron chi connectivity index (χ3n) is 11.0. The number of carbonyl (C=O) groups is 5. The zero-order valence-electron chi connectivity index (χ0n) is 33.6. The Hall–Kier alpha value is -5.69. The highest BCUT2D eigenvalue weighted by Crippen LogP contribution is 2.39. The highest BCUT2D eigenvalue weighted by Gasteiger charge is 2.43. The van der Waals surface area contributed by atoms with Crippen LogP contribution in [0.4, 0.5) is 0 Å². The molecule has 1 aliphatic heterocycles. The molecule has 2 aromatic heterocycles. The van der Waals surface area contributed by atoms with Gasteiger partial charge in [0.2, 0.25) is 17.7 Å².